The molecule has 0 spiro atoms. The molecule has 9 nitrogen and oxygen atoms in total. The largest absolute Gasteiger partial charge is 0.482 e. The number of carbonyl (C=O) groups excluding carboxylic acids is 2. The summed E-state index contributed by atoms with van der Waals surface area (Å²) in [5, 5.41) is 3.79. The lowest BCUT2D eigenvalue weighted by Gasteiger charge is -2.24. The molecule has 0 saturated carbocycles. The molecule has 0 aliphatic rings. The number of amides is 1. The van der Waals surface area contributed by atoms with Crippen LogP contribution in [0, 0.1) is 6.92 Å². The summed E-state index contributed by atoms with van der Waals surface area (Å²) < 4.78 is 77.0. The highest BCUT2D eigenvalue weighted by molar-refractivity contribution is 7.92. The van der Waals surface area contributed by atoms with Gasteiger partial charge in [-0.25, -0.2) is 18.6 Å². The van der Waals surface area contributed by atoms with Crippen LogP contribution in [0.1, 0.15) is 16.7 Å². The maximum Gasteiger partial charge on any atom is 0.416 e. The number of methoxy groups -OCH3 is 1. The molecule has 3 aromatic carbocycles. The molecule has 3 rings (SSSR count). The van der Waals surface area contributed by atoms with Crippen LogP contribution in [0.5, 0.6) is 5.75 Å². The number of nitrogens with one attached hydrogen (secondary N) is 1. The van der Waals surface area contributed by atoms with Gasteiger partial charge in [0.05, 0.1) is 29.5 Å². The predicted molar refractivity (Wildman–Crippen MR) is 137 cm³/mol. The first-order valence-electron chi connectivity index (χ1n) is 11.3. The van der Waals surface area contributed by atoms with Gasteiger partial charge in [0.2, 0.25) is 0 Å². The maximum atomic E-state index is 13.4. The zero-order chi connectivity index (χ0) is 28.6. The Labute approximate surface area is 222 Å². The maximum absolute atomic E-state index is 13.4. The second-order valence-electron chi connectivity index (χ2n) is 8.10. The van der Waals surface area contributed by atoms with Crippen molar-refractivity contribution in [3.05, 3.63) is 89.5 Å². The van der Waals surface area contributed by atoms with Gasteiger partial charge in [0.15, 0.2) is 6.61 Å². The minimum atomic E-state index is -4.72. The molecule has 0 aliphatic carbocycles. The number of hydrogen-bond donors (Lipinski definition) is 1. The first-order chi connectivity index (χ1) is 18.4. The van der Waals surface area contributed by atoms with Crippen molar-refractivity contribution < 1.29 is 40.7 Å². The smallest absolute Gasteiger partial charge is 0.416 e. The van der Waals surface area contributed by atoms with Gasteiger partial charge in [-0.15, -0.1) is 0 Å². The van der Waals surface area contributed by atoms with E-state index >= 15 is 0 Å². The molecule has 0 aromatic heterocycles. The Morgan fingerprint density at radius 3 is 2.31 bits per heavy atom. The van der Waals surface area contributed by atoms with Gasteiger partial charge in [-0.1, -0.05) is 23.8 Å². The van der Waals surface area contributed by atoms with Crippen molar-refractivity contribution in [2.24, 2.45) is 5.10 Å². The van der Waals surface area contributed by atoms with Gasteiger partial charge in [0.1, 0.15) is 12.3 Å². The molecule has 0 aliphatic heterocycles. The summed E-state index contributed by atoms with van der Waals surface area (Å²) in [7, 11) is -3.18. The summed E-state index contributed by atoms with van der Waals surface area (Å²) in [4.78, 5) is 23.6. The highest BCUT2D eigenvalue weighted by atomic mass is 32.2. The molecule has 0 saturated heterocycles. The Morgan fingerprint density at radius 2 is 1.69 bits per heavy atom. The van der Waals surface area contributed by atoms with E-state index in [1.54, 1.807) is 31.2 Å². The molecular formula is C26H24F3N3O6S. The van der Waals surface area contributed by atoms with Crippen molar-refractivity contribution in [3.8, 4) is 5.75 Å². The van der Waals surface area contributed by atoms with E-state index < -0.39 is 40.2 Å². The minimum absolute atomic E-state index is 0.198. The van der Waals surface area contributed by atoms with Crippen molar-refractivity contribution in [2.45, 2.75) is 18.0 Å². The number of ether oxygens (including phenoxy) is 2. The summed E-state index contributed by atoms with van der Waals surface area (Å²) in [6.07, 6.45) is -3.45. The van der Waals surface area contributed by atoms with Gasteiger partial charge in [-0.3, -0.25) is 9.10 Å². The molecule has 39 heavy (non-hydrogen) atoms. The second-order valence-corrected chi connectivity index (χ2v) is 9.96. The summed E-state index contributed by atoms with van der Waals surface area (Å²) in [6.45, 7) is 0.637. The molecule has 0 radical (unpaired) electrons. The topological polar surface area (TPSA) is 114 Å². The summed E-state index contributed by atoms with van der Waals surface area (Å²) in [6, 6.07) is 15.6. The fraction of sp³-hybridized carbons (Fsp3) is 0.192. The number of nitrogens with zero attached hydrogens (tertiary/aromatic N) is 2. The van der Waals surface area contributed by atoms with Crippen molar-refractivity contribution >= 4 is 33.8 Å². The first-order valence-corrected chi connectivity index (χ1v) is 12.7. The number of halogens is 3. The van der Waals surface area contributed by atoms with Crippen molar-refractivity contribution in [1.29, 1.82) is 0 Å². The van der Waals surface area contributed by atoms with Gasteiger partial charge in [0, 0.05) is 0 Å². The third-order valence-electron chi connectivity index (χ3n) is 5.22. The second kappa shape index (κ2) is 12.4. The number of anilines is 1. The lowest BCUT2D eigenvalue weighted by Crippen LogP contribution is -2.39. The molecule has 206 valence electrons. The molecule has 0 atom stereocenters. The Balaban J connectivity index is 1.78. The van der Waals surface area contributed by atoms with Gasteiger partial charge < -0.3 is 9.47 Å². The number of rotatable bonds is 10. The van der Waals surface area contributed by atoms with E-state index in [0.29, 0.717) is 21.7 Å². The summed E-state index contributed by atoms with van der Waals surface area (Å²) >= 11 is 0. The Hall–Kier alpha value is -4.39. The third kappa shape index (κ3) is 8.04. The van der Waals surface area contributed by atoms with Crippen LogP contribution in [0.4, 0.5) is 18.9 Å². The monoisotopic (exact) mass is 563 g/mol. The molecule has 13 heteroatoms. The van der Waals surface area contributed by atoms with Crippen LogP contribution in [-0.2, 0) is 30.5 Å². The SMILES string of the molecule is COC(=O)COc1ccc(/C=N\NC(=O)CN(c2cccc(C(F)(F)F)c2)S(=O)(=O)c2ccc(C)cc2)cc1. The first kappa shape index (κ1) is 29.2. The van der Waals surface area contributed by atoms with E-state index in [1.165, 1.54) is 43.7 Å². The van der Waals surface area contributed by atoms with Gasteiger partial charge in [-0.2, -0.15) is 18.3 Å². The highest BCUT2D eigenvalue weighted by Crippen LogP contribution is 2.33. The number of alkyl halides is 3. The minimum Gasteiger partial charge on any atom is -0.482 e. The lowest BCUT2D eigenvalue weighted by molar-refractivity contribution is -0.143. The fourth-order valence-corrected chi connectivity index (χ4v) is 4.60. The third-order valence-corrected chi connectivity index (χ3v) is 7.01. The molecule has 0 heterocycles. The lowest BCUT2D eigenvalue weighted by atomic mass is 10.2. The quantitative estimate of drug-likeness (QED) is 0.227. The molecule has 0 fully saturated rings. The van der Waals surface area contributed by atoms with Crippen LogP contribution >= 0.6 is 0 Å². The number of aryl methyl sites for hydroxylation is 1. The van der Waals surface area contributed by atoms with Crippen LogP contribution in [0.3, 0.4) is 0 Å². The van der Waals surface area contributed by atoms with E-state index in [-0.39, 0.29) is 17.2 Å². The van der Waals surface area contributed by atoms with Crippen LogP contribution in [0.2, 0.25) is 0 Å². The van der Waals surface area contributed by atoms with Crippen molar-refractivity contribution in [1.82, 2.24) is 5.43 Å². The van der Waals surface area contributed by atoms with Gasteiger partial charge >= 0.3 is 12.1 Å². The van der Waals surface area contributed by atoms with E-state index in [4.69, 9.17) is 4.74 Å². The average molecular weight is 564 g/mol. The zero-order valence-electron chi connectivity index (χ0n) is 20.8. The van der Waals surface area contributed by atoms with Crippen LogP contribution in [0.25, 0.3) is 0 Å². The average Bonchev–Trinajstić information content (AvgIpc) is 2.91. The standard InChI is InChI=1S/C26H24F3N3O6S/c1-18-6-12-23(13-7-18)39(35,36)32(21-5-3-4-20(14-21)26(27,28)29)16-24(33)31-30-15-19-8-10-22(11-9-19)38-17-25(34)37-2/h3-15H,16-17H2,1-2H3,(H,31,33)/b30-15-. The molecule has 0 unspecified atom stereocenters. The van der Waals surface area contributed by atoms with Crippen LogP contribution < -0.4 is 14.5 Å². The van der Waals surface area contributed by atoms with Crippen LogP contribution in [-0.4, -0.2) is 46.8 Å². The molecular weight excluding hydrogens is 539 g/mol. The predicted octanol–water partition coefficient (Wildman–Crippen LogP) is 3.91. The number of carbonyl (C=O) groups is 2. The van der Waals surface area contributed by atoms with E-state index in [0.717, 1.165) is 17.7 Å². The zero-order valence-corrected chi connectivity index (χ0v) is 21.6. The van der Waals surface area contributed by atoms with Crippen molar-refractivity contribution in [3.63, 3.8) is 0 Å². The number of benzene rings is 3. The number of esters is 1. The van der Waals surface area contributed by atoms with Gasteiger partial charge in [0.25, 0.3) is 15.9 Å². The van der Waals surface area contributed by atoms with E-state index in [1.807, 2.05) is 0 Å². The Bertz CT molecular complexity index is 1440. The fourth-order valence-electron chi connectivity index (χ4n) is 3.19. The van der Waals surface area contributed by atoms with Gasteiger partial charge in [-0.05, 0) is 67.1 Å². The Morgan fingerprint density at radius 1 is 1.03 bits per heavy atom. The van der Waals surface area contributed by atoms with E-state index in [9.17, 15) is 31.2 Å². The van der Waals surface area contributed by atoms with E-state index in [2.05, 4.69) is 15.3 Å². The number of sulfonamides is 1. The highest BCUT2D eigenvalue weighted by Gasteiger charge is 2.33. The normalized spacial score (nSPS) is 11.7. The number of hydrogen-bond acceptors (Lipinski definition) is 7. The summed E-state index contributed by atoms with van der Waals surface area (Å²) in [5.41, 5.74) is 2.08. The molecule has 0 bridgehead atoms. The molecule has 1 N–H and O–H groups in total. The molecule has 1 amide bonds. The number of hydrazone groups is 1. The van der Waals surface area contributed by atoms with Crippen molar-refractivity contribution in [2.75, 3.05) is 24.6 Å². The molecule has 3 aromatic rings. The summed E-state index contributed by atoms with van der Waals surface area (Å²) in [5.74, 6) is -1.05. The van der Waals surface area contributed by atoms with Crippen LogP contribution in [0.15, 0.2) is 82.8 Å². The Kier molecular flexibility index (Phi) is 9.30.